The predicted octanol–water partition coefficient (Wildman–Crippen LogP) is 4.09. The Kier molecular flexibility index (Phi) is 6.46. The van der Waals surface area contributed by atoms with Crippen LogP contribution < -0.4 is 5.73 Å². The van der Waals surface area contributed by atoms with E-state index in [0.717, 1.165) is 40.6 Å². The zero-order valence-corrected chi connectivity index (χ0v) is 15.2. The van der Waals surface area contributed by atoms with Gasteiger partial charge in [-0.3, -0.25) is 9.88 Å². The standard InChI is InChI=1S/C15H23Br2N3/c1-2-7-20(13-5-3-12(18)4-6-13)10-15-14(17)8-11(16)9-19-15/h8-9,12-13H,2-7,10,18H2,1H3. The van der Waals surface area contributed by atoms with Gasteiger partial charge in [-0.25, -0.2) is 0 Å². The van der Waals surface area contributed by atoms with E-state index in [4.69, 9.17) is 5.73 Å². The zero-order valence-electron chi connectivity index (χ0n) is 12.0. The first kappa shape index (κ1) is 16.4. The fraction of sp³-hybridized carbons (Fsp3) is 0.667. The van der Waals surface area contributed by atoms with Crippen LogP contribution in [-0.4, -0.2) is 28.5 Å². The first-order valence-corrected chi connectivity index (χ1v) is 8.98. The number of halogens is 2. The molecule has 1 aromatic rings. The monoisotopic (exact) mass is 403 g/mol. The van der Waals surface area contributed by atoms with Gasteiger partial charge in [0.05, 0.1) is 5.69 Å². The van der Waals surface area contributed by atoms with Gasteiger partial charge in [-0.05, 0) is 76.6 Å². The van der Waals surface area contributed by atoms with Crippen molar-refractivity contribution in [3.8, 4) is 0 Å². The number of hydrogen-bond acceptors (Lipinski definition) is 3. The minimum absolute atomic E-state index is 0.410. The van der Waals surface area contributed by atoms with Crippen LogP contribution in [0.4, 0.5) is 0 Å². The van der Waals surface area contributed by atoms with E-state index in [-0.39, 0.29) is 0 Å². The van der Waals surface area contributed by atoms with E-state index in [1.807, 2.05) is 6.20 Å². The molecule has 112 valence electrons. The molecule has 0 unspecified atom stereocenters. The molecule has 5 heteroatoms. The van der Waals surface area contributed by atoms with E-state index in [9.17, 15) is 0 Å². The summed E-state index contributed by atoms with van der Waals surface area (Å²) in [7, 11) is 0. The smallest absolute Gasteiger partial charge is 0.0686 e. The van der Waals surface area contributed by atoms with Gasteiger partial charge in [0.1, 0.15) is 0 Å². The maximum Gasteiger partial charge on any atom is 0.0686 e. The number of hydrogen-bond donors (Lipinski definition) is 1. The molecule has 1 heterocycles. The lowest BCUT2D eigenvalue weighted by atomic mass is 9.90. The molecule has 1 saturated carbocycles. The minimum atomic E-state index is 0.410. The van der Waals surface area contributed by atoms with Crippen LogP contribution in [0.2, 0.25) is 0 Å². The summed E-state index contributed by atoms with van der Waals surface area (Å²) in [5, 5.41) is 0. The zero-order chi connectivity index (χ0) is 14.5. The second-order valence-electron chi connectivity index (χ2n) is 5.62. The van der Waals surface area contributed by atoms with Crippen molar-refractivity contribution in [3.05, 3.63) is 26.9 Å². The summed E-state index contributed by atoms with van der Waals surface area (Å²) in [5.41, 5.74) is 7.14. The first-order chi connectivity index (χ1) is 9.60. The average Bonchev–Trinajstić information content (AvgIpc) is 2.42. The lowest BCUT2D eigenvalue weighted by Gasteiger charge is -2.36. The molecule has 0 atom stereocenters. The largest absolute Gasteiger partial charge is 0.328 e. The summed E-state index contributed by atoms with van der Waals surface area (Å²) < 4.78 is 2.10. The van der Waals surface area contributed by atoms with E-state index < -0.39 is 0 Å². The first-order valence-electron chi connectivity index (χ1n) is 7.39. The van der Waals surface area contributed by atoms with Crippen molar-refractivity contribution < 1.29 is 0 Å². The van der Waals surface area contributed by atoms with Crippen molar-refractivity contribution in [3.63, 3.8) is 0 Å². The number of nitrogens with zero attached hydrogens (tertiary/aromatic N) is 2. The van der Waals surface area contributed by atoms with Crippen molar-refractivity contribution in [2.75, 3.05) is 6.54 Å². The van der Waals surface area contributed by atoms with Crippen LogP contribution >= 0.6 is 31.9 Å². The molecular weight excluding hydrogens is 382 g/mol. The average molecular weight is 405 g/mol. The molecule has 3 nitrogen and oxygen atoms in total. The highest BCUT2D eigenvalue weighted by Gasteiger charge is 2.24. The fourth-order valence-corrected chi connectivity index (χ4v) is 4.01. The molecular formula is C15H23Br2N3. The van der Waals surface area contributed by atoms with Gasteiger partial charge in [-0.1, -0.05) is 6.92 Å². The Morgan fingerprint density at radius 2 is 2.00 bits per heavy atom. The van der Waals surface area contributed by atoms with Gasteiger partial charge in [0.25, 0.3) is 0 Å². The summed E-state index contributed by atoms with van der Waals surface area (Å²) in [6.07, 6.45) is 7.79. The predicted molar refractivity (Wildman–Crippen MR) is 90.6 cm³/mol. The second-order valence-corrected chi connectivity index (χ2v) is 7.39. The van der Waals surface area contributed by atoms with Crippen LogP contribution in [0.15, 0.2) is 21.2 Å². The van der Waals surface area contributed by atoms with E-state index in [2.05, 4.69) is 54.7 Å². The Balaban J connectivity index is 2.04. The molecule has 2 rings (SSSR count). The number of aromatic nitrogens is 1. The molecule has 0 spiro atoms. The van der Waals surface area contributed by atoms with Gasteiger partial charge in [-0.15, -0.1) is 0 Å². The van der Waals surface area contributed by atoms with Gasteiger partial charge >= 0.3 is 0 Å². The number of nitrogens with two attached hydrogens (primary N) is 1. The third kappa shape index (κ3) is 4.52. The summed E-state index contributed by atoms with van der Waals surface area (Å²) in [4.78, 5) is 7.13. The Bertz CT molecular complexity index is 431. The van der Waals surface area contributed by atoms with Crippen LogP contribution in [0.3, 0.4) is 0 Å². The van der Waals surface area contributed by atoms with Crippen molar-refractivity contribution in [1.82, 2.24) is 9.88 Å². The van der Waals surface area contributed by atoms with Gasteiger partial charge in [0.2, 0.25) is 0 Å². The number of rotatable bonds is 5. The van der Waals surface area contributed by atoms with Crippen LogP contribution in [-0.2, 0) is 6.54 Å². The molecule has 0 bridgehead atoms. The highest BCUT2D eigenvalue weighted by molar-refractivity contribution is 9.11. The van der Waals surface area contributed by atoms with E-state index >= 15 is 0 Å². The molecule has 1 aliphatic rings. The molecule has 1 aromatic heterocycles. The minimum Gasteiger partial charge on any atom is -0.328 e. The summed E-state index contributed by atoms with van der Waals surface area (Å²) >= 11 is 7.08. The molecule has 1 aliphatic carbocycles. The van der Waals surface area contributed by atoms with Crippen molar-refractivity contribution in [2.24, 2.45) is 5.73 Å². The van der Waals surface area contributed by atoms with Gasteiger partial charge < -0.3 is 5.73 Å². The Morgan fingerprint density at radius 3 is 2.60 bits per heavy atom. The summed E-state index contributed by atoms with van der Waals surface area (Å²) in [6.45, 7) is 4.29. The molecule has 0 aliphatic heterocycles. The third-order valence-electron chi connectivity index (χ3n) is 4.01. The summed E-state index contributed by atoms with van der Waals surface area (Å²) in [5.74, 6) is 0. The third-order valence-corrected chi connectivity index (χ3v) is 5.13. The van der Waals surface area contributed by atoms with Crippen LogP contribution in [0.1, 0.15) is 44.7 Å². The lowest BCUT2D eigenvalue weighted by molar-refractivity contribution is 0.140. The van der Waals surface area contributed by atoms with Crippen LogP contribution in [0.25, 0.3) is 0 Å². The lowest BCUT2D eigenvalue weighted by Crippen LogP contribution is -2.41. The maximum atomic E-state index is 6.02. The molecule has 0 radical (unpaired) electrons. The molecule has 2 N–H and O–H groups in total. The quantitative estimate of drug-likeness (QED) is 0.803. The molecule has 0 amide bonds. The molecule has 1 fully saturated rings. The molecule has 0 aromatic carbocycles. The van der Waals surface area contributed by atoms with Crippen molar-refractivity contribution in [1.29, 1.82) is 0 Å². The number of pyridine rings is 1. The Hall–Kier alpha value is 0.0300. The maximum absolute atomic E-state index is 6.02. The van der Waals surface area contributed by atoms with Crippen LogP contribution in [0.5, 0.6) is 0 Å². The van der Waals surface area contributed by atoms with Crippen LogP contribution in [0, 0.1) is 0 Å². The van der Waals surface area contributed by atoms with Gasteiger partial charge in [0.15, 0.2) is 0 Å². The highest BCUT2D eigenvalue weighted by Crippen LogP contribution is 2.26. The Morgan fingerprint density at radius 1 is 1.30 bits per heavy atom. The normalized spacial score (nSPS) is 23.2. The van der Waals surface area contributed by atoms with Gasteiger partial charge in [0, 0.05) is 33.8 Å². The van der Waals surface area contributed by atoms with E-state index in [1.165, 1.54) is 19.3 Å². The van der Waals surface area contributed by atoms with Crippen molar-refractivity contribution in [2.45, 2.75) is 57.7 Å². The highest BCUT2D eigenvalue weighted by atomic mass is 79.9. The summed E-state index contributed by atoms with van der Waals surface area (Å²) in [6, 6.07) is 3.14. The molecule has 0 saturated heterocycles. The topological polar surface area (TPSA) is 42.2 Å². The molecule has 20 heavy (non-hydrogen) atoms. The van der Waals surface area contributed by atoms with Gasteiger partial charge in [-0.2, -0.15) is 0 Å². The van der Waals surface area contributed by atoms with Crippen molar-refractivity contribution >= 4 is 31.9 Å². The fourth-order valence-electron chi connectivity index (χ4n) is 2.90. The van der Waals surface area contributed by atoms with E-state index in [1.54, 1.807) is 0 Å². The van der Waals surface area contributed by atoms with E-state index in [0.29, 0.717) is 12.1 Å². The SMILES string of the molecule is CCCN(Cc1ncc(Br)cc1Br)C1CCC(N)CC1. The Labute approximate surface area is 138 Å². The second kappa shape index (κ2) is 7.87.